The van der Waals surface area contributed by atoms with E-state index in [0.29, 0.717) is 5.69 Å². The van der Waals surface area contributed by atoms with Gasteiger partial charge in [0, 0.05) is 22.6 Å². The van der Waals surface area contributed by atoms with E-state index in [-0.39, 0.29) is 5.82 Å². The van der Waals surface area contributed by atoms with Crippen LogP contribution in [0, 0.1) is 5.82 Å². The highest BCUT2D eigenvalue weighted by Gasteiger charge is 2.03. The van der Waals surface area contributed by atoms with Crippen molar-refractivity contribution in [1.29, 1.82) is 0 Å². The third-order valence-corrected chi connectivity index (χ3v) is 3.27. The first-order valence-corrected chi connectivity index (χ1v) is 6.70. The fourth-order valence-electron chi connectivity index (χ4n) is 2.22. The lowest BCUT2D eigenvalue weighted by molar-refractivity contribution is 0.628. The first kappa shape index (κ1) is 13.2. The van der Waals surface area contributed by atoms with E-state index < -0.39 is 0 Å². The van der Waals surface area contributed by atoms with Crippen molar-refractivity contribution in [2.75, 3.05) is 11.1 Å². The van der Waals surface area contributed by atoms with Gasteiger partial charge in [0.2, 0.25) is 0 Å². The number of rotatable bonds is 3. The van der Waals surface area contributed by atoms with Crippen molar-refractivity contribution in [2.45, 2.75) is 0 Å². The molecule has 0 aliphatic rings. The van der Waals surface area contributed by atoms with Gasteiger partial charge in [-0.05, 0) is 42.0 Å². The topological polar surface area (TPSA) is 38.0 Å². The summed E-state index contributed by atoms with van der Waals surface area (Å²) in [6, 6.07) is 22.0. The first-order chi connectivity index (χ1) is 10.2. The molecular weight excluding hydrogens is 263 g/mol. The molecule has 3 aromatic carbocycles. The molecule has 21 heavy (non-hydrogen) atoms. The number of halogens is 1. The summed E-state index contributed by atoms with van der Waals surface area (Å²) in [7, 11) is 0. The predicted molar refractivity (Wildman–Crippen MR) is 86.0 cm³/mol. The predicted octanol–water partition coefficient (Wildman–Crippen LogP) is 4.82. The third kappa shape index (κ3) is 3.03. The highest BCUT2D eigenvalue weighted by atomic mass is 19.1. The second-order valence-electron chi connectivity index (χ2n) is 4.80. The van der Waals surface area contributed by atoms with Gasteiger partial charge in [-0.1, -0.05) is 36.4 Å². The zero-order valence-corrected chi connectivity index (χ0v) is 11.4. The quantitative estimate of drug-likeness (QED) is 0.674. The summed E-state index contributed by atoms with van der Waals surface area (Å²) in [6.45, 7) is 0. The molecule has 0 radical (unpaired) electrons. The van der Waals surface area contributed by atoms with Crippen molar-refractivity contribution in [3.05, 3.63) is 78.6 Å². The van der Waals surface area contributed by atoms with E-state index in [0.717, 1.165) is 22.5 Å². The van der Waals surface area contributed by atoms with Crippen LogP contribution in [0.1, 0.15) is 0 Å². The molecule has 0 aliphatic heterocycles. The van der Waals surface area contributed by atoms with Crippen LogP contribution in [0.15, 0.2) is 72.8 Å². The normalized spacial score (nSPS) is 10.3. The number of nitrogens with one attached hydrogen (secondary N) is 1. The Morgan fingerprint density at radius 2 is 1.43 bits per heavy atom. The summed E-state index contributed by atoms with van der Waals surface area (Å²) < 4.78 is 12.9. The molecule has 0 spiro atoms. The molecule has 0 aliphatic carbocycles. The maximum atomic E-state index is 12.9. The van der Waals surface area contributed by atoms with Gasteiger partial charge >= 0.3 is 0 Å². The Hall–Kier alpha value is -2.81. The number of nitrogen functional groups attached to an aromatic ring is 1. The lowest BCUT2D eigenvalue weighted by atomic mass is 10.0. The van der Waals surface area contributed by atoms with Crippen LogP contribution in [-0.4, -0.2) is 0 Å². The van der Waals surface area contributed by atoms with Crippen molar-refractivity contribution in [1.82, 2.24) is 0 Å². The summed E-state index contributed by atoms with van der Waals surface area (Å²) in [6.07, 6.45) is 0. The molecule has 0 bridgehead atoms. The van der Waals surface area contributed by atoms with Gasteiger partial charge in [-0.15, -0.1) is 0 Å². The molecule has 0 saturated carbocycles. The Balaban J connectivity index is 1.86. The summed E-state index contributed by atoms with van der Waals surface area (Å²) >= 11 is 0. The Morgan fingerprint density at radius 3 is 2.10 bits per heavy atom. The van der Waals surface area contributed by atoms with Crippen molar-refractivity contribution >= 4 is 17.1 Å². The largest absolute Gasteiger partial charge is 0.398 e. The lowest BCUT2D eigenvalue weighted by Gasteiger charge is -2.10. The zero-order valence-electron chi connectivity index (χ0n) is 11.4. The fourth-order valence-corrected chi connectivity index (χ4v) is 2.22. The van der Waals surface area contributed by atoms with E-state index >= 15 is 0 Å². The molecule has 2 nitrogen and oxygen atoms in total. The molecule has 0 atom stereocenters. The number of hydrogen-bond donors (Lipinski definition) is 2. The molecule has 0 unspecified atom stereocenters. The lowest BCUT2D eigenvalue weighted by Crippen LogP contribution is -1.94. The summed E-state index contributed by atoms with van der Waals surface area (Å²) in [5.41, 5.74) is 10.6. The highest BCUT2D eigenvalue weighted by molar-refractivity contribution is 5.80. The minimum absolute atomic E-state index is 0.250. The van der Waals surface area contributed by atoms with Crippen molar-refractivity contribution in [3.63, 3.8) is 0 Å². The van der Waals surface area contributed by atoms with Crippen LogP contribution in [-0.2, 0) is 0 Å². The Bertz CT molecular complexity index is 737. The second kappa shape index (κ2) is 5.67. The number of benzene rings is 3. The SMILES string of the molecule is Nc1cc(Nc2ccc(F)cc2)ccc1-c1ccccc1. The van der Waals surface area contributed by atoms with E-state index in [1.165, 1.54) is 12.1 Å². The Morgan fingerprint density at radius 1 is 0.762 bits per heavy atom. The average Bonchev–Trinajstić information content (AvgIpc) is 2.51. The standard InChI is InChI=1S/C18H15FN2/c19-14-6-8-15(9-7-14)21-16-10-11-17(18(20)12-16)13-4-2-1-3-5-13/h1-12,21H,20H2. The fraction of sp³-hybridized carbons (Fsp3) is 0. The highest BCUT2D eigenvalue weighted by Crippen LogP contribution is 2.29. The molecule has 0 aromatic heterocycles. The van der Waals surface area contributed by atoms with Crippen LogP contribution in [0.2, 0.25) is 0 Å². The molecule has 3 rings (SSSR count). The molecule has 3 heteroatoms. The third-order valence-electron chi connectivity index (χ3n) is 3.27. The molecule has 0 amide bonds. The van der Waals surface area contributed by atoms with Crippen LogP contribution in [0.25, 0.3) is 11.1 Å². The summed E-state index contributed by atoms with van der Waals surface area (Å²) in [5, 5.41) is 3.20. The van der Waals surface area contributed by atoms with E-state index in [9.17, 15) is 4.39 Å². The van der Waals surface area contributed by atoms with Crippen LogP contribution < -0.4 is 11.1 Å². The van der Waals surface area contributed by atoms with Gasteiger partial charge in [0.05, 0.1) is 0 Å². The van der Waals surface area contributed by atoms with Crippen molar-refractivity contribution in [3.8, 4) is 11.1 Å². The molecule has 0 heterocycles. The van der Waals surface area contributed by atoms with Crippen LogP contribution in [0.5, 0.6) is 0 Å². The molecule has 104 valence electrons. The monoisotopic (exact) mass is 278 g/mol. The van der Waals surface area contributed by atoms with Gasteiger partial charge in [0.25, 0.3) is 0 Å². The van der Waals surface area contributed by atoms with Crippen molar-refractivity contribution in [2.24, 2.45) is 0 Å². The number of hydrogen-bond acceptors (Lipinski definition) is 2. The molecule has 3 aromatic rings. The van der Waals surface area contributed by atoms with Crippen LogP contribution >= 0.6 is 0 Å². The minimum atomic E-state index is -0.250. The number of anilines is 3. The first-order valence-electron chi connectivity index (χ1n) is 6.70. The smallest absolute Gasteiger partial charge is 0.123 e. The van der Waals surface area contributed by atoms with E-state index in [2.05, 4.69) is 5.32 Å². The summed E-state index contributed by atoms with van der Waals surface area (Å²) in [5.74, 6) is -0.250. The molecule has 3 N–H and O–H groups in total. The molecule has 0 saturated heterocycles. The van der Waals surface area contributed by atoms with E-state index in [4.69, 9.17) is 5.73 Å². The van der Waals surface area contributed by atoms with Gasteiger partial charge < -0.3 is 11.1 Å². The van der Waals surface area contributed by atoms with Gasteiger partial charge in [-0.2, -0.15) is 0 Å². The van der Waals surface area contributed by atoms with Crippen molar-refractivity contribution < 1.29 is 4.39 Å². The minimum Gasteiger partial charge on any atom is -0.398 e. The second-order valence-corrected chi connectivity index (χ2v) is 4.80. The Kier molecular flexibility index (Phi) is 3.56. The van der Waals surface area contributed by atoms with Crippen LogP contribution in [0.3, 0.4) is 0 Å². The average molecular weight is 278 g/mol. The van der Waals surface area contributed by atoms with Gasteiger partial charge in [0.15, 0.2) is 0 Å². The molecular formula is C18H15FN2. The summed E-state index contributed by atoms with van der Waals surface area (Å²) in [4.78, 5) is 0. The zero-order chi connectivity index (χ0) is 14.7. The van der Waals surface area contributed by atoms with E-state index in [1.54, 1.807) is 12.1 Å². The maximum absolute atomic E-state index is 12.9. The molecule has 0 fully saturated rings. The van der Waals surface area contributed by atoms with E-state index in [1.807, 2.05) is 48.5 Å². The van der Waals surface area contributed by atoms with Gasteiger partial charge in [-0.3, -0.25) is 0 Å². The van der Waals surface area contributed by atoms with Gasteiger partial charge in [0.1, 0.15) is 5.82 Å². The Labute approximate surface area is 123 Å². The van der Waals surface area contributed by atoms with Gasteiger partial charge in [-0.25, -0.2) is 4.39 Å². The number of nitrogens with two attached hydrogens (primary N) is 1. The maximum Gasteiger partial charge on any atom is 0.123 e. The van der Waals surface area contributed by atoms with Crippen LogP contribution in [0.4, 0.5) is 21.5 Å².